The van der Waals surface area contributed by atoms with Crippen LogP contribution in [0.5, 0.6) is 0 Å². The molecule has 5 nitrogen and oxygen atoms in total. The number of hydrogen-bond donors (Lipinski definition) is 0. The zero-order chi connectivity index (χ0) is 12.7. The number of fused-ring (bicyclic) bond motifs is 1. The van der Waals surface area contributed by atoms with Gasteiger partial charge < -0.3 is 9.80 Å². The third kappa shape index (κ3) is 1.93. The predicted molar refractivity (Wildman–Crippen MR) is 73.2 cm³/mol. The molecule has 0 atom stereocenters. The minimum atomic E-state index is 0.510. The largest absolute Gasteiger partial charge is 0.352 e. The summed E-state index contributed by atoms with van der Waals surface area (Å²) in [5, 5.41) is 6.19. The van der Waals surface area contributed by atoms with E-state index in [9.17, 15) is 0 Å². The molecule has 1 saturated heterocycles. The van der Waals surface area contributed by atoms with Crippen LogP contribution in [-0.2, 0) is 7.05 Å². The van der Waals surface area contributed by atoms with Crippen molar-refractivity contribution in [1.29, 1.82) is 0 Å². The number of rotatable bonds is 1. The fourth-order valence-corrected chi connectivity index (χ4v) is 2.51. The summed E-state index contributed by atoms with van der Waals surface area (Å²) in [5.74, 6) is 1.02. The van der Waals surface area contributed by atoms with Crippen LogP contribution in [0.4, 0.5) is 5.82 Å². The van der Waals surface area contributed by atoms with Crippen LogP contribution >= 0.6 is 11.6 Å². The SMILES string of the molecule is CN1CCN(c2nn(C)c3cc(Cl)ncc23)CC1. The topological polar surface area (TPSA) is 37.2 Å². The number of hydrogen-bond acceptors (Lipinski definition) is 4. The Labute approximate surface area is 111 Å². The average Bonchev–Trinajstić information content (AvgIpc) is 2.68. The molecule has 0 radical (unpaired) electrons. The number of anilines is 1. The normalized spacial score (nSPS) is 17.6. The van der Waals surface area contributed by atoms with E-state index < -0.39 is 0 Å². The van der Waals surface area contributed by atoms with Gasteiger partial charge in [0.15, 0.2) is 5.82 Å². The van der Waals surface area contributed by atoms with Crippen LogP contribution < -0.4 is 4.90 Å². The molecule has 0 aliphatic carbocycles. The fraction of sp³-hybridized carbons (Fsp3) is 0.500. The molecule has 1 aliphatic rings. The van der Waals surface area contributed by atoms with Gasteiger partial charge in [0.25, 0.3) is 0 Å². The molecule has 1 fully saturated rings. The number of likely N-dealkylation sites (N-methyl/N-ethyl adjacent to an activating group) is 1. The summed E-state index contributed by atoms with van der Waals surface area (Å²) < 4.78 is 1.87. The molecular formula is C12H16ClN5. The summed E-state index contributed by atoms with van der Waals surface area (Å²) in [6.45, 7) is 4.15. The first-order valence-electron chi connectivity index (χ1n) is 6.07. The maximum Gasteiger partial charge on any atom is 0.160 e. The van der Waals surface area contributed by atoms with E-state index in [2.05, 4.69) is 26.9 Å². The van der Waals surface area contributed by atoms with Gasteiger partial charge in [0.2, 0.25) is 0 Å². The van der Waals surface area contributed by atoms with Gasteiger partial charge >= 0.3 is 0 Å². The first kappa shape index (κ1) is 11.7. The molecule has 96 valence electrons. The predicted octanol–water partition coefficient (Wildman–Crippen LogP) is 1.37. The molecule has 0 unspecified atom stereocenters. The standard InChI is InChI=1S/C12H16ClN5/c1-16-3-5-18(6-4-16)12-9-8-14-11(13)7-10(9)17(2)15-12/h7-8H,3-6H2,1-2H3. The Bertz CT molecular complexity index is 571. The molecule has 0 N–H and O–H groups in total. The van der Waals surface area contributed by atoms with Gasteiger partial charge in [-0.15, -0.1) is 0 Å². The highest BCUT2D eigenvalue weighted by molar-refractivity contribution is 6.30. The van der Waals surface area contributed by atoms with E-state index in [-0.39, 0.29) is 0 Å². The van der Waals surface area contributed by atoms with Crippen molar-refractivity contribution < 1.29 is 0 Å². The summed E-state index contributed by atoms with van der Waals surface area (Å²) in [6, 6.07) is 1.86. The third-order valence-electron chi connectivity index (χ3n) is 3.49. The van der Waals surface area contributed by atoms with Gasteiger partial charge in [-0.3, -0.25) is 4.68 Å². The molecule has 0 spiro atoms. The summed E-state index contributed by atoms with van der Waals surface area (Å²) in [5.41, 5.74) is 1.03. The number of piperazine rings is 1. The van der Waals surface area contributed by atoms with Crippen LogP contribution in [0.1, 0.15) is 0 Å². The first-order valence-corrected chi connectivity index (χ1v) is 6.44. The molecule has 6 heteroatoms. The molecule has 2 aromatic rings. The monoisotopic (exact) mass is 265 g/mol. The van der Waals surface area contributed by atoms with Crippen molar-refractivity contribution >= 4 is 28.3 Å². The summed E-state index contributed by atoms with van der Waals surface area (Å²) in [4.78, 5) is 8.81. The van der Waals surface area contributed by atoms with Gasteiger partial charge in [-0.1, -0.05) is 11.6 Å². The number of nitrogens with zero attached hydrogens (tertiary/aromatic N) is 5. The summed E-state index contributed by atoms with van der Waals surface area (Å²) >= 11 is 5.93. The van der Waals surface area contributed by atoms with Gasteiger partial charge in [-0.25, -0.2) is 4.98 Å². The summed E-state index contributed by atoms with van der Waals surface area (Å²) in [7, 11) is 4.09. The lowest BCUT2D eigenvalue weighted by atomic mass is 10.2. The third-order valence-corrected chi connectivity index (χ3v) is 3.69. The number of pyridine rings is 1. The Kier molecular flexibility index (Phi) is 2.87. The highest BCUT2D eigenvalue weighted by atomic mass is 35.5. The Morgan fingerprint density at radius 2 is 1.89 bits per heavy atom. The molecule has 0 saturated carbocycles. The van der Waals surface area contributed by atoms with Crippen LogP contribution in [-0.4, -0.2) is 52.9 Å². The minimum absolute atomic E-state index is 0.510. The van der Waals surface area contributed by atoms with E-state index in [0.29, 0.717) is 5.15 Å². The van der Waals surface area contributed by atoms with E-state index >= 15 is 0 Å². The molecule has 0 amide bonds. The molecule has 3 heterocycles. The Morgan fingerprint density at radius 3 is 2.61 bits per heavy atom. The van der Waals surface area contributed by atoms with Gasteiger partial charge in [0, 0.05) is 45.5 Å². The highest BCUT2D eigenvalue weighted by Crippen LogP contribution is 2.27. The van der Waals surface area contributed by atoms with E-state index in [4.69, 9.17) is 11.6 Å². The van der Waals surface area contributed by atoms with E-state index in [0.717, 1.165) is 42.9 Å². The molecular weight excluding hydrogens is 250 g/mol. The maximum absolute atomic E-state index is 5.93. The molecule has 2 aromatic heterocycles. The van der Waals surface area contributed by atoms with Crippen molar-refractivity contribution in [2.24, 2.45) is 7.05 Å². The minimum Gasteiger partial charge on any atom is -0.352 e. The Morgan fingerprint density at radius 1 is 1.17 bits per heavy atom. The average molecular weight is 266 g/mol. The van der Waals surface area contributed by atoms with Crippen LogP contribution in [0.3, 0.4) is 0 Å². The van der Waals surface area contributed by atoms with Crippen molar-refractivity contribution in [2.45, 2.75) is 0 Å². The quantitative estimate of drug-likeness (QED) is 0.730. The number of aryl methyl sites for hydroxylation is 1. The fourth-order valence-electron chi connectivity index (χ4n) is 2.36. The lowest BCUT2D eigenvalue weighted by molar-refractivity contribution is 0.312. The molecule has 1 aliphatic heterocycles. The van der Waals surface area contributed by atoms with Crippen molar-refractivity contribution in [3.8, 4) is 0 Å². The second kappa shape index (κ2) is 4.40. The lowest BCUT2D eigenvalue weighted by Crippen LogP contribution is -2.44. The van der Waals surface area contributed by atoms with Gasteiger partial charge in [0.05, 0.1) is 10.9 Å². The lowest BCUT2D eigenvalue weighted by Gasteiger charge is -2.32. The van der Waals surface area contributed by atoms with Gasteiger partial charge in [0.1, 0.15) is 5.15 Å². The van der Waals surface area contributed by atoms with Crippen molar-refractivity contribution in [1.82, 2.24) is 19.7 Å². The molecule has 3 rings (SSSR count). The molecule has 18 heavy (non-hydrogen) atoms. The summed E-state index contributed by atoms with van der Waals surface area (Å²) in [6.07, 6.45) is 1.82. The number of aromatic nitrogens is 3. The van der Waals surface area contributed by atoms with Crippen LogP contribution in [0.2, 0.25) is 5.15 Å². The highest BCUT2D eigenvalue weighted by Gasteiger charge is 2.20. The first-order chi connectivity index (χ1) is 8.65. The van der Waals surface area contributed by atoms with Crippen molar-refractivity contribution in [2.75, 3.05) is 38.1 Å². The smallest absolute Gasteiger partial charge is 0.160 e. The van der Waals surface area contributed by atoms with E-state index in [1.165, 1.54) is 0 Å². The van der Waals surface area contributed by atoms with Gasteiger partial charge in [-0.05, 0) is 7.05 Å². The second-order valence-electron chi connectivity index (χ2n) is 4.76. The number of halogens is 1. The molecule has 0 aromatic carbocycles. The van der Waals surface area contributed by atoms with Crippen molar-refractivity contribution in [3.05, 3.63) is 17.4 Å². The van der Waals surface area contributed by atoms with Gasteiger partial charge in [-0.2, -0.15) is 5.10 Å². The van der Waals surface area contributed by atoms with E-state index in [1.54, 1.807) is 0 Å². The molecule has 0 bridgehead atoms. The Balaban J connectivity index is 2.02. The Hall–Kier alpha value is -1.33. The maximum atomic E-state index is 5.93. The van der Waals surface area contributed by atoms with Crippen LogP contribution in [0.25, 0.3) is 10.9 Å². The van der Waals surface area contributed by atoms with Crippen LogP contribution in [0, 0.1) is 0 Å². The van der Waals surface area contributed by atoms with Crippen molar-refractivity contribution in [3.63, 3.8) is 0 Å². The zero-order valence-electron chi connectivity index (χ0n) is 10.6. The zero-order valence-corrected chi connectivity index (χ0v) is 11.4. The second-order valence-corrected chi connectivity index (χ2v) is 5.15. The van der Waals surface area contributed by atoms with Crippen LogP contribution in [0.15, 0.2) is 12.3 Å². The van der Waals surface area contributed by atoms with E-state index in [1.807, 2.05) is 24.0 Å².